The summed E-state index contributed by atoms with van der Waals surface area (Å²) in [5, 5.41) is 18.8. The molecule has 1 aliphatic rings. The molecule has 1 aliphatic heterocycles. The molecule has 2 atom stereocenters. The van der Waals surface area contributed by atoms with Crippen LogP contribution in [0.3, 0.4) is 0 Å². The van der Waals surface area contributed by atoms with Crippen LogP contribution in [-0.4, -0.2) is 4.57 Å². The smallest absolute Gasteiger partial charge is 0.137 e. The number of rotatable bonds is 5. The highest BCUT2D eigenvalue weighted by atomic mass is 32.1. The molecule has 5 nitrogen and oxygen atoms in total. The number of thiophene rings is 1. The molecular formula is C51H36N4OS. The van der Waals surface area contributed by atoms with Gasteiger partial charge in [-0.1, -0.05) is 133 Å². The molecule has 0 amide bonds. The Morgan fingerprint density at radius 2 is 0.982 bits per heavy atom. The lowest BCUT2D eigenvalue weighted by atomic mass is 10.0. The van der Waals surface area contributed by atoms with Gasteiger partial charge in [-0.2, -0.15) is 0 Å². The van der Waals surface area contributed by atoms with Crippen molar-refractivity contribution in [2.24, 2.45) is 0 Å². The van der Waals surface area contributed by atoms with Crippen molar-refractivity contribution in [1.82, 2.24) is 20.5 Å². The second-order valence-electron chi connectivity index (χ2n) is 15.0. The van der Waals surface area contributed by atoms with E-state index >= 15 is 0 Å². The van der Waals surface area contributed by atoms with Gasteiger partial charge < -0.3 is 8.98 Å². The van der Waals surface area contributed by atoms with Crippen LogP contribution in [0.15, 0.2) is 186 Å². The molecule has 3 N–H and O–H groups in total. The number of para-hydroxylation sites is 2. The average molecular weight is 753 g/mol. The molecule has 6 heteroatoms. The average Bonchev–Trinajstić information content (AvgIpc) is 3.95. The third-order valence-electron chi connectivity index (χ3n) is 11.7. The van der Waals surface area contributed by atoms with Crippen LogP contribution in [0, 0.1) is 0 Å². The van der Waals surface area contributed by atoms with Gasteiger partial charge in [0.2, 0.25) is 0 Å². The molecule has 4 heterocycles. The summed E-state index contributed by atoms with van der Waals surface area (Å²) in [6, 6.07) is 65.4. The van der Waals surface area contributed by atoms with Gasteiger partial charge in [0.05, 0.1) is 29.5 Å². The predicted molar refractivity (Wildman–Crippen MR) is 237 cm³/mol. The molecule has 2 unspecified atom stereocenters. The van der Waals surface area contributed by atoms with Crippen molar-refractivity contribution in [2.75, 3.05) is 0 Å². The third-order valence-corrected chi connectivity index (χ3v) is 12.9. The van der Waals surface area contributed by atoms with Crippen LogP contribution in [0.25, 0.3) is 80.7 Å². The van der Waals surface area contributed by atoms with E-state index < -0.39 is 0 Å². The summed E-state index contributed by atoms with van der Waals surface area (Å²) >= 11 is 1.86. The fourth-order valence-corrected chi connectivity index (χ4v) is 10.3. The molecular weight excluding hydrogens is 717 g/mol. The van der Waals surface area contributed by atoms with Crippen molar-refractivity contribution >= 4 is 75.3 Å². The molecule has 12 rings (SSSR count). The van der Waals surface area contributed by atoms with E-state index in [1.165, 1.54) is 64.2 Å². The Labute approximate surface area is 332 Å². The van der Waals surface area contributed by atoms with Crippen molar-refractivity contribution in [3.8, 4) is 16.8 Å². The first-order chi connectivity index (χ1) is 28.2. The quantitative estimate of drug-likeness (QED) is 0.164. The van der Waals surface area contributed by atoms with E-state index in [0.717, 1.165) is 33.2 Å². The summed E-state index contributed by atoms with van der Waals surface area (Å²) in [5.41, 5.74) is 11.3. The standard InChI is InChI=1S/C51H36N4OS/c1-3-12-31(13-4-1)49-52-50(32-14-5-2-6-15-32)54-51(53-49)34-23-26-41-42-19-11-18-36(48(42)57-47(41)29-34)33-22-25-39-40-27-24-35(30-46(40)56-45(39)28-33)55-43-20-9-7-16-37(43)38-17-8-10-21-44(38)55/h1-30,49-54H. The largest absolute Gasteiger partial charge is 0.456 e. The Hall–Kier alpha value is -6.54. The number of hydrogen-bond acceptors (Lipinski definition) is 5. The minimum absolute atomic E-state index is 0.0132. The summed E-state index contributed by atoms with van der Waals surface area (Å²) < 4.78 is 11.6. The Kier molecular flexibility index (Phi) is 7.46. The monoisotopic (exact) mass is 752 g/mol. The van der Waals surface area contributed by atoms with Gasteiger partial charge in [-0.05, 0) is 70.3 Å². The van der Waals surface area contributed by atoms with Gasteiger partial charge in [-0.15, -0.1) is 11.3 Å². The minimum Gasteiger partial charge on any atom is -0.456 e. The van der Waals surface area contributed by atoms with Crippen LogP contribution < -0.4 is 16.0 Å². The van der Waals surface area contributed by atoms with Gasteiger partial charge in [0.25, 0.3) is 0 Å². The lowest BCUT2D eigenvalue weighted by Gasteiger charge is -2.39. The van der Waals surface area contributed by atoms with Crippen LogP contribution in [0.5, 0.6) is 0 Å². The summed E-state index contributed by atoms with van der Waals surface area (Å²) in [5.74, 6) is 0. The molecule has 0 bridgehead atoms. The van der Waals surface area contributed by atoms with Crippen LogP contribution in [0.1, 0.15) is 35.2 Å². The number of nitrogens with one attached hydrogen (secondary N) is 3. The van der Waals surface area contributed by atoms with Crippen molar-refractivity contribution in [3.05, 3.63) is 199 Å². The normalized spacial score (nSPS) is 17.4. The SMILES string of the molecule is c1ccc(C2NC(c3ccccc3)NC(c3ccc4c(c3)sc3c(-c5ccc6c(c5)oc5cc(-n7c8ccccc8c8ccccc87)ccc56)cccc34)N2)cc1. The van der Waals surface area contributed by atoms with E-state index in [1.807, 2.05) is 11.3 Å². The van der Waals surface area contributed by atoms with Crippen molar-refractivity contribution in [3.63, 3.8) is 0 Å². The highest BCUT2D eigenvalue weighted by Crippen LogP contribution is 2.43. The molecule has 11 aromatic rings. The first kappa shape index (κ1) is 32.7. The number of fused-ring (bicyclic) bond motifs is 9. The fraction of sp³-hybridized carbons (Fsp3) is 0.0588. The first-order valence-corrected chi connectivity index (χ1v) is 20.3. The second kappa shape index (κ2) is 13.0. The zero-order valence-corrected chi connectivity index (χ0v) is 31.6. The molecule has 0 spiro atoms. The fourth-order valence-electron chi connectivity index (χ4n) is 9.01. The van der Waals surface area contributed by atoms with Gasteiger partial charge in [-0.25, -0.2) is 0 Å². The van der Waals surface area contributed by atoms with Gasteiger partial charge in [-0.3, -0.25) is 16.0 Å². The third kappa shape index (κ3) is 5.34. The minimum atomic E-state index is -0.0540. The van der Waals surface area contributed by atoms with E-state index in [-0.39, 0.29) is 18.5 Å². The van der Waals surface area contributed by atoms with Crippen molar-refractivity contribution < 1.29 is 4.42 Å². The summed E-state index contributed by atoms with van der Waals surface area (Å²) in [6.07, 6.45) is -0.0803. The molecule has 8 aromatic carbocycles. The number of aromatic nitrogens is 1. The van der Waals surface area contributed by atoms with Crippen LogP contribution in [-0.2, 0) is 0 Å². The molecule has 1 fully saturated rings. The maximum Gasteiger partial charge on any atom is 0.137 e. The van der Waals surface area contributed by atoms with E-state index in [1.54, 1.807) is 0 Å². The van der Waals surface area contributed by atoms with E-state index in [4.69, 9.17) is 4.42 Å². The van der Waals surface area contributed by atoms with Gasteiger partial charge >= 0.3 is 0 Å². The highest BCUT2D eigenvalue weighted by Gasteiger charge is 2.30. The molecule has 0 aliphatic carbocycles. The predicted octanol–water partition coefficient (Wildman–Crippen LogP) is 12.9. The van der Waals surface area contributed by atoms with Crippen LogP contribution >= 0.6 is 11.3 Å². The first-order valence-electron chi connectivity index (χ1n) is 19.5. The second-order valence-corrected chi connectivity index (χ2v) is 16.1. The van der Waals surface area contributed by atoms with Gasteiger partial charge in [0.15, 0.2) is 0 Å². The molecule has 3 aromatic heterocycles. The summed E-state index contributed by atoms with van der Waals surface area (Å²) in [4.78, 5) is 0. The van der Waals surface area contributed by atoms with Crippen molar-refractivity contribution in [1.29, 1.82) is 0 Å². The van der Waals surface area contributed by atoms with Gasteiger partial charge in [0, 0.05) is 53.5 Å². The molecule has 0 radical (unpaired) electrons. The lowest BCUT2D eigenvalue weighted by molar-refractivity contribution is 0.203. The van der Waals surface area contributed by atoms with E-state index in [2.05, 4.69) is 203 Å². The Morgan fingerprint density at radius 3 is 1.67 bits per heavy atom. The maximum absolute atomic E-state index is 6.68. The summed E-state index contributed by atoms with van der Waals surface area (Å²) in [6.45, 7) is 0. The lowest BCUT2D eigenvalue weighted by Crippen LogP contribution is -2.54. The summed E-state index contributed by atoms with van der Waals surface area (Å²) in [7, 11) is 0. The zero-order chi connectivity index (χ0) is 37.5. The van der Waals surface area contributed by atoms with Crippen LogP contribution in [0.4, 0.5) is 0 Å². The molecule has 272 valence electrons. The Morgan fingerprint density at radius 1 is 0.421 bits per heavy atom. The molecule has 0 saturated carbocycles. The number of nitrogens with zero attached hydrogens (tertiary/aromatic N) is 1. The van der Waals surface area contributed by atoms with Gasteiger partial charge in [0.1, 0.15) is 11.2 Å². The maximum atomic E-state index is 6.68. The number of benzene rings is 8. The molecule has 57 heavy (non-hydrogen) atoms. The number of hydrogen-bond donors (Lipinski definition) is 3. The van der Waals surface area contributed by atoms with E-state index in [0.29, 0.717) is 0 Å². The van der Waals surface area contributed by atoms with E-state index in [9.17, 15) is 0 Å². The topological polar surface area (TPSA) is 54.2 Å². The van der Waals surface area contributed by atoms with Crippen LogP contribution in [0.2, 0.25) is 0 Å². The highest BCUT2D eigenvalue weighted by molar-refractivity contribution is 7.26. The number of furan rings is 1. The zero-order valence-electron chi connectivity index (χ0n) is 30.8. The Balaban J connectivity index is 0.917. The Bertz CT molecular complexity index is 3210. The molecule has 1 saturated heterocycles. The van der Waals surface area contributed by atoms with Crippen molar-refractivity contribution in [2.45, 2.75) is 18.5 Å².